The van der Waals surface area contributed by atoms with Crippen LogP contribution in [0.2, 0.25) is 0 Å². The molecule has 4 heteroatoms. The average Bonchev–Trinajstić information content (AvgIpc) is 2.27. The van der Waals surface area contributed by atoms with Gasteiger partial charge in [-0.15, -0.1) is 0 Å². The van der Waals surface area contributed by atoms with Crippen molar-refractivity contribution in [3.63, 3.8) is 0 Å². The van der Waals surface area contributed by atoms with E-state index in [0.717, 1.165) is 5.69 Å². The second-order valence-electron chi connectivity index (χ2n) is 3.76. The molecule has 4 nitrogen and oxygen atoms in total. The number of anilines is 1. The zero-order valence-corrected chi connectivity index (χ0v) is 9.34. The quantitative estimate of drug-likeness (QED) is 0.805. The van der Waals surface area contributed by atoms with E-state index >= 15 is 0 Å². The van der Waals surface area contributed by atoms with E-state index in [1.54, 1.807) is 30.4 Å². The Morgan fingerprint density at radius 3 is 2.67 bits per heavy atom. The monoisotopic (exact) mass is 207 g/mol. The van der Waals surface area contributed by atoms with Crippen LogP contribution in [0.5, 0.6) is 0 Å². The lowest BCUT2D eigenvalue weighted by atomic mass is 10.0. The highest BCUT2D eigenvalue weighted by Crippen LogP contribution is 2.13. The number of hydrogen-bond acceptors (Lipinski definition) is 3. The molecule has 1 aromatic heterocycles. The third kappa shape index (κ3) is 2.76. The van der Waals surface area contributed by atoms with E-state index in [4.69, 9.17) is 5.73 Å². The Morgan fingerprint density at radius 2 is 2.20 bits per heavy atom. The van der Waals surface area contributed by atoms with Gasteiger partial charge in [0.15, 0.2) is 0 Å². The standard InChI is InChI=1S/C11H17N3O/c1-8(9(2)12)11(15)14(3)10-5-4-6-13-7-10/h4-9H,12H2,1-3H3. The first-order valence-electron chi connectivity index (χ1n) is 4.97. The molecule has 0 aliphatic carbocycles. The predicted molar refractivity (Wildman–Crippen MR) is 60.5 cm³/mol. The summed E-state index contributed by atoms with van der Waals surface area (Å²) in [6, 6.07) is 3.51. The van der Waals surface area contributed by atoms with Crippen molar-refractivity contribution in [3.8, 4) is 0 Å². The normalized spacial score (nSPS) is 14.4. The highest BCUT2D eigenvalue weighted by molar-refractivity contribution is 5.94. The van der Waals surface area contributed by atoms with Gasteiger partial charge in [-0.25, -0.2) is 0 Å². The molecule has 15 heavy (non-hydrogen) atoms. The van der Waals surface area contributed by atoms with Gasteiger partial charge in [0, 0.05) is 19.3 Å². The SMILES string of the molecule is CC(N)C(C)C(=O)N(C)c1cccnc1. The number of nitrogens with zero attached hydrogens (tertiary/aromatic N) is 2. The lowest BCUT2D eigenvalue weighted by Crippen LogP contribution is -2.39. The summed E-state index contributed by atoms with van der Waals surface area (Å²) >= 11 is 0. The first kappa shape index (κ1) is 11.7. The summed E-state index contributed by atoms with van der Waals surface area (Å²) in [6.07, 6.45) is 3.34. The molecule has 1 rings (SSSR count). The first-order valence-corrected chi connectivity index (χ1v) is 4.97. The largest absolute Gasteiger partial charge is 0.327 e. The van der Waals surface area contributed by atoms with Gasteiger partial charge < -0.3 is 10.6 Å². The van der Waals surface area contributed by atoms with Gasteiger partial charge in [-0.1, -0.05) is 6.92 Å². The minimum atomic E-state index is -0.185. The molecule has 1 heterocycles. The molecule has 1 aromatic rings. The molecule has 0 fully saturated rings. The van der Waals surface area contributed by atoms with Gasteiger partial charge in [0.1, 0.15) is 0 Å². The van der Waals surface area contributed by atoms with Crippen molar-refractivity contribution in [2.24, 2.45) is 11.7 Å². The summed E-state index contributed by atoms with van der Waals surface area (Å²) in [5.74, 6) is -0.173. The van der Waals surface area contributed by atoms with Crippen molar-refractivity contribution in [3.05, 3.63) is 24.5 Å². The Hall–Kier alpha value is -1.42. The topological polar surface area (TPSA) is 59.2 Å². The number of carbonyl (C=O) groups is 1. The molecule has 0 spiro atoms. The van der Waals surface area contributed by atoms with Gasteiger partial charge in [0.25, 0.3) is 0 Å². The van der Waals surface area contributed by atoms with E-state index in [-0.39, 0.29) is 17.9 Å². The number of carbonyl (C=O) groups excluding carboxylic acids is 1. The molecule has 2 unspecified atom stereocenters. The Labute approximate surface area is 90.1 Å². The fourth-order valence-electron chi connectivity index (χ4n) is 1.21. The molecule has 0 saturated carbocycles. The van der Waals surface area contributed by atoms with E-state index in [2.05, 4.69) is 4.98 Å². The summed E-state index contributed by atoms with van der Waals surface area (Å²) in [5, 5.41) is 0. The predicted octanol–water partition coefficient (Wildman–Crippen LogP) is 1.03. The smallest absolute Gasteiger partial charge is 0.231 e. The maximum atomic E-state index is 11.9. The molecule has 0 saturated heterocycles. The van der Waals surface area contributed by atoms with Gasteiger partial charge in [-0.3, -0.25) is 9.78 Å². The fraction of sp³-hybridized carbons (Fsp3) is 0.455. The number of amides is 1. The number of nitrogens with two attached hydrogens (primary N) is 1. The van der Waals surface area contributed by atoms with Crippen LogP contribution in [-0.2, 0) is 4.79 Å². The second kappa shape index (κ2) is 4.89. The van der Waals surface area contributed by atoms with E-state index in [1.165, 1.54) is 0 Å². The summed E-state index contributed by atoms with van der Waals surface area (Å²) in [4.78, 5) is 17.5. The van der Waals surface area contributed by atoms with Crippen molar-refractivity contribution in [1.82, 2.24) is 4.98 Å². The highest BCUT2D eigenvalue weighted by Gasteiger charge is 2.21. The number of rotatable bonds is 3. The van der Waals surface area contributed by atoms with Gasteiger partial charge in [0.05, 0.1) is 17.8 Å². The van der Waals surface area contributed by atoms with Gasteiger partial charge in [-0.05, 0) is 19.1 Å². The van der Waals surface area contributed by atoms with Crippen LogP contribution in [0.15, 0.2) is 24.5 Å². The number of pyridine rings is 1. The summed E-state index contributed by atoms with van der Waals surface area (Å²) < 4.78 is 0. The highest BCUT2D eigenvalue weighted by atomic mass is 16.2. The Morgan fingerprint density at radius 1 is 1.53 bits per heavy atom. The first-order chi connectivity index (χ1) is 7.04. The number of aromatic nitrogens is 1. The Bertz CT molecular complexity index is 324. The number of hydrogen-bond donors (Lipinski definition) is 1. The van der Waals surface area contributed by atoms with Crippen molar-refractivity contribution >= 4 is 11.6 Å². The molecule has 0 aromatic carbocycles. The van der Waals surface area contributed by atoms with Crippen molar-refractivity contribution in [1.29, 1.82) is 0 Å². The second-order valence-corrected chi connectivity index (χ2v) is 3.76. The molecule has 1 amide bonds. The van der Waals surface area contributed by atoms with Crippen LogP contribution in [0.3, 0.4) is 0 Å². The van der Waals surface area contributed by atoms with E-state index in [0.29, 0.717) is 0 Å². The Balaban J connectivity index is 2.78. The minimum absolute atomic E-state index is 0.0120. The van der Waals surface area contributed by atoms with E-state index in [9.17, 15) is 4.79 Å². The summed E-state index contributed by atoms with van der Waals surface area (Å²) in [7, 11) is 1.73. The van der Waals surface area contributed by atoms with Crippen LogP contribution in [0.1, 0.15) is 13.8 Å². The lowest BCUT2D eigenvalue weighted by Gasteiger charge is -2.23. The van der Waals surface area contributed by atoms with Crippen LogP contribution in [0, 0.1) is 5.92 Å². The third-order valence-corrected chi connectivity index (χ3v) is 2.54. The summed E-state index contributed by atoms with van der Waals surface area (Å²) in [5.41, 5.74) is 6.48. The van der Waals surface area contributed by atoms with Crippen LogP contribution in [0.25, 0.3) is 0 Å². The van der Waals surface area contributed by atoms with Gasteiger partial charge >= 0.3 is 0 Å². The zero-order valence-electron chi connectivity index (χ0n) is 9.34. The molecule has 0 aliphatic heterocycles. The molecule has 0 aliphatic rings. The Kier molecular flexibility index (Phi) is 3.80. The molecular weight excluding hydrogens is 190 g/mol. The van der Waals surface area contributed by atoms with E-state index in [1.807, 2.05) is 19.9 Å². The van der Waals surface area contributed by atoms with Gasteiger partial charge in [-0.2, -0.15) is 0 Å². The third-order valence-electron chi connectivity index (χ3n) is 2.54. The lowest BCUT2D eigenvalue weighted by molar-refractivity contribution is -0.122. The maximum Gasteiger partial charge on any atom is 0.231 e. The molecule has 0 radical (unpaired) electrons. The van der Waals surface area contributed by atoms with Crippen LogP contribution < -0.4 is 10.6 Å². The summed E-state index contributed by atoms with van der Waals surface area (Å²) in [6.45, 7) is 3.67. The molecular formula is C11H17N3O. The van der Waals surface area contributed by atoms with Crippen molar-refractivity contribution < 1.29 is 4.79 Å². The average molecular weight is 207 g/mol. The molecule has 2 atom stereocenters. The maximum absolute atomic E-state index is 11.9. The fourth-order valence-corrected chi connectivity index (χ4v) is 1.21. The zero-order chi connectivity index (χ0) is 11.4. The molecule has 2 N–H and O–H groups in total. The van der Waals surface area contributed by atoms with Crippen LogP contribution >= 0.6 is 0 Å². The van der Waals surface area contributed by atoms with Crippen molar-refractivity contribution in [2.75, 3.05) is 11.9 Å². The van der Waals surface area contributed by atoms with Gasteiger partial charge in [0.2, 0.25) is 5.91 Å². The van der Waals surface area contributed by atoms with Crippen LogP contribution in [0.4, 0.5) is 5.69 Å². The molecule has 0 bridgehead atoms. The molecule has 82 valence electrons. The minimum Gasteiger partial charge on any atom is -0.327 e. The van der Waals surface area contributed by atoms with Crippen LogP contribution in [-0.4, -0.2) is 24.0 Å². The van der Waals surface area contributed by atoms with Crippen molar-refractivity contribution in [2.45, 2.75) is 19.9 Å². The van der Waals surface area contributed by atoms with E-state index < -0.39 is 0 Å².